The Kier molecular flexibility index (Phi) is 5.12. The molecule has 2 rings (SSSR count). The summed E-state index contributed by atoms with van der Waals surface area (Å²) in [5.41, 5.74) is 2.35. The molecule has 2 aromatic carbocycles. The van der Waals surface area contributed by atoms with E-state index in [0.717, 1.165) is 11.1 Å². The number of alkyl halides is 1. The summed E-state index contributed by atoms with van der Waals surface area (Å²) in [7, 11) is 3.15. The van der Waals surface area contributed by atoms with Crippen LogP contribution in [0.25, 0.3) is 0 Å². The van der Waals surface area contributed by atoms with Gasteiger partial charge in [-0.3, -0.25) is 0 Å². The average molecular weight is 374 g/mol. The number of halogens is 3. The van der Waals surface area contributed by atoms with Crippen LogP contribution >= 0.6 is 27.5 Å². The first-order chi connectivity index (χ1) is 9.97. The van der Waals surface area contributed by atoms with E-state index in [1.807, 2.05) is 19.1 Å². The van der Waals surface area contributed by atoms with Gasteiger partial charge in [0, 0.05) is 10.6 Å². The molecule has 2 aromatic rings. The van der Waals surface area contributed by atoms with E-state index < -0.39 is 0 Å². The van der Waals surface area contributed by atoms with Crippen LogP contribution in [0.1, 0.15) is 21.5 Å². The summed E-state index contributed by atoms with van der Waals surface area (Å²) in [6.07, 6.45) is 0. The highest BCUT2D eigenvalue weighted by atomic mass is 79.9. The molecule has 0 amide bonds. The number of hydrogen-bond acceptors (Lipinski definition) is 2. The second-order valence-corrected chi connectivity index (χ2v) is 5.94. The average Bonchev–Trinajstić information content (AvgIpc) is 2.48. The van der Waals surface area contributed by atoms with Gasteiger partial charge in [0.1, 0.15) is 5.82 Å². The Bertz CT molecular complexity index is 661. The molecule has 0 N–H and O–H groups in total. The molecule has 1 unspecified atom stereocenters. The standard InChI is InChI=1S/C16H15BrClFO2/c1-9-6-14(20-2)15(21-3)8-11(9)16(17)12-7-10(18)4-5-13(12)19/h4-8,16H,1-3H3. The fourth-order valence-electron chi connectivity index (χ4n) is 2.15. The van der Waals surface area contributed by atoms with Gasteiger partial charge in [0.05, 0.1) is 19.0 Å². The van der Waals surface area contributed by atoms with Crippen molar-refractivity contribution in [3.8, 4) is 11.5 Å². The fraction of sp³-hybridized carbons (Fsp3) is 0.250. The van der Waals surface area contributed by atoms with Crippen LogP contribution < -0.4 is 9.47 Å². The Hall–Kier alpha value is -1.26. The van der Waals surface area contributed by atoms with Gasteiger partial charge in [0.15, 0.2) is 11.5 Å². The monoisotopic (exact) mass is 372 g/mol. The summed E-state index contributed by atoms with van der Waals surface area (Å²) in [6, 6.07) is 8.22. The first kappa shape index (κ1) is 16.1. The first-order valence-corrected chi connectivity index (χ1v) is 7.58. The molecular weight excluding hydrogens is 359 g/mol. The summed E-state index contributed by atoms with van der Waals surface area (Å²) < 4.78 is 24.6. The number of ether oxygens (including phenoxy) is 2. The van der Waals surface area contributed by atoms with Crippen molar-refractivity contribution in [1.82, 2.24) is 0 Å². The summed E-state index contributed by atoms with van der Waals surface area (Å²) in [4.78, 5) is -0.323. The van der Waals surface area contributed by atoms with Crippen molar-refractivity contribution in [3.05, 3.63) is 57.9 Å². The van der Waals surface area contributed by atoms with Gasteiger partial charge < -0.3 is 9.47 Å². The predicted molar refractivity (Wildman–Crippen MR) is 86.5 cm³/mol. The molecule has 1 atom stereocenters. The van der Waals surface area contributed by atoms with Crippen LogP contribution in [0.5, 0.6) is 11.5 Å². The largest absolute Gasteiger partial charge is 0.493 e. The van der Waals surface area contributed by atoms with Gasteiger partial charge in [-0.05, 0) is 48.4 Å². The lowest BCUT2D eigenvalue weighted by atomic mass is 9.99. The van der Waals surface area contributed by atoms with Gasteiger partial charge in [-0.15, -0.1) is 0 Å². The maximum atomic E-state index is 14.0. The first-order valence-electron chi connectivity index (χ1n) is 6.29. The summed E-state index contributed by atoms with van der Waals surface area (Å²) >= 11 is 9.51. The maximum absolute atomic E-state index is 14.0. The molecule has 5 heteroatoms. The second-order valence-electron chi connectivity index (χ2n) is 4.59. The van der Waals surface area contributed by atoms with E-state index in [1.54, 1.807) is 20.3 Å². The minimum absolute atomic E-state index is 0.310. The molecule has 0 fully saturated rings. The molecule has 0 heterocycles. The van der Waals surface area contributed by atoms with Gasteiger partial charge in [0.2, 0.25) is 0 Å². The molecule has 0 saturated carbocycles. The molecule has 0 aliphatic heterocycles. The van der Waals surface area contributed by atoms with Crippen molar-refractivity contribution in [1.29, 1.82) is 0 Å². The highest BCUT2D eigenvalue weighted by Gasteiger charge is 2.19. The molecule has 0 radical (unpaired) electrons. The van der Waals surface area contributed by atoms with Gasteiger partial charge in [-0.25, -0.2) is 4.39 Å². The van der Waals surface area contributed by atoms with Crippen LogP contribution in [0.2, 0.25) is 5.02 Å². The minimum Gasteiger partial charge on any atom is -0.493 e. The van der Waals surface area contributed by atoms with Gasteiger partial charge in [0.25, 0.3) is 0 Å². The van der Waals surface area contributed by atoms with Gasteiger partial charge in [-0.1, -0.05) is 27.5 Å². The SMILES string of the molecule is COc1cc(C)c(C(Br)c2cc(Cl)ccc2F)cc1OC. The predicted octanol–water partition coefficient (Wildman–Crippen LogP) is 5.29. The summed E-state index contributed by atoms with van der Waals surface area (Å²) in [5, 5.41) is 0.494. The van der Waals surface area contributed by atoms with Crippen LogP contribution in [-0.4, -0.2) is 14.2 Å². The molecule has 0 aromatic heterocycles. The zero-order valence-corrected chi connectivity index (χ0v) is 14.3. The third kappa shape index (κ3) is 3.33. The molecule has 0 bridgehead atoms. The Morgan fingerprint density at radius 1 is 1.05 bits per heavy atom. The number of benzene rings is 2. The molecule has 21 heavy (non-hydrogen) atoms. The second kappa shape index (κ2) is 6.67. The number of methoxy groups -OCH3 is 2. The molecule has 112 valence electrons. The fourth-order valence-corrected chi connectivity index (χ4v) is 3.17. The van der Waals surface area contributed by atoms with E-state index in [-0.39, 0.29) is 10.6 Å². The summed E-state index contributed by atoms with van der Waals surface area (Å²) in [5.74, 6) is 0.936. The molecule has 0 aliphatic rings. The normalized spacial score (nSPS) is 12.1. The van der Waals surface area contributed by atoms with Crippen LogP contribution in [0.3, 0.4) is 0 Å². The number of hydrogen-bond donors (Lipinski definition) is 0. The highest BCUT2D eigenvalue weighted by molar-refractivity contribution is 9.09. The van der Waals surface area contributed by atoms with Crippen LogP contribution in [0.15, 0.2) is 30.3 Å². The van der Waals surface area contributed by atoms with E-state index in [0.29, 0.717) is 22.1 Å². The third-order valence-electron chi connectivity index (χ3n) is 3.28. The Morgan fingerprint density at radius 3 is 2.29 bits per heavy atom. The van der Waals surface area contributed by atoms with E-state index in [9.17, 15) is 4.39 Å². The highest BCUT2D eigenvalue weighted by Crippen LogP contribution is 2.40. The van der Waals surface area contributed by atoms with Crippen LogP contribution in [-0.2, 0) is 0 Å². The topological polar surface area (TPSA) is 18.5 Å². The Morgan fingerprint density at radius 2 is 1.67 bits per heavy atom. The Balaban J connectivity index is 2.52. The van der Waals surface area contributed by atoms with Crippen molar-refractivity contribution < 1.29 is 13.9 Å². The van der Waals surface area contributed by atoms with Crippen molar-refractivity contribution in [3.63, 3.8) is 0 Å². The van der Waals surface area contributed by atoms with E-state index in [4.69, 9.17) is 21.1 Å². The van der Waals surface area contributed by atoms with Crippen molar-refractivity contribution in [2.75, 3.05) is 14.2 Å². The smallest absolute Gasteiger partial charge is 0.161 e. The third-order valence-corrected chi connectivity index (χ3v) is 4.50. The van der Waals surface area contributed by atoms with Crippen molar-refractivity contribution in [2.24, 2.45) is 0 Å². The van der Waals surface area contributed by atoms with E-state index in [2.05, 4.69) is 15.9 Å². The zero-order chi connectivity index (χ0) is 15.6. The zero-order valence-electron chi connectivity index (χ0n) is 11.9. The van der Waals surface area contributed by atoms with Gasteiger partial charge in [-0.2, -0.15) is 0 Å². The molecule has 2 nitrogen and oxygen atoms in total. The Labute approximate surface area is 137 Å². The van der Waals surface area contributed by atoms with Crippen LogP contribution in [0, 0.1) is 12.7 Å². The quantitative estimate of drug-likeness (QED) is 0.678. The van der Waals surface area contributed by atoms with E-state index >= 15 is 0 Å². The lowest BCUT2D eigenvalue weighted by Crippen LogP contribution is -2.01. The maximum Gasteiger partial charge on any atom is 0.161 e. The lowest BCUT2D eigenvalue weighted by Gasteiger charge is -2.18. The number of aryl methyl sites for hydroxylation is 1. The van der Waals surface area contributed by atoms with Crippen LogP contribution in [0.4, 0.5) is 4.39 Å². The summed E-state index contributed by atoms with van der Waals surface area (Å²) in [6.45, 7) is 1.94. The molecule has 0 spiro atoms. The van der Waals surface area contributed by atoms with Crippen molar-refractivity contribution in [2.45, 2.75) is 11.8 Å². The van der Waals surface area contributed by atoms with E-state index in [1.165, 1.54) is 12.1 Å². The molecule has 0 saturated heterocycles. The number of rotatable bonds is 4. The molecule has 0 aliphatic carbocycles. The van der Waals surface area contributed by atoms with Crippen molar-refractivity contribution >= 4 is 27.5 Å². The minimum atomic E-state index is -0.323. The molecular formula is C16H15BrClFO2. The lowest BCUT2D eigenvalue weighted by molar-refractivity contribution is 0.354. The van der Waals surface area contributed by atoms with Gasteiger partial charge >= 0.3 is 0 Å².